The van der Waals surface area contributed by atoms with Gasteiger partial charge in [0.15, 0.2) is 5.79 Å². The number of aliphatic hydroxyl groups is 2. The van der Waals surface area contributed by atoms with E-state index in [1.165, 1.54) is 0 Å². The van der Waals surface area contributed by atoms with Gasteiger partial charge in [-0.15, -0.1) is 0 Å². The molecule has 51 heavy (non-hydrogen) atoms. The summed E-state index contributed by atoms with van der Waals surface area (Å²) in [5.41, 5.74) is 4.04. The number of hydrogen-bond acceptors (Lipinski definition) is 10. The molecule has 1 aliphatic heterocycles. The molecular formula is C37H38Cl4N2O8. The van der Waals surface area contributed by atoms with E-state index in [2.05, 4.69) is 10.6 Å². The number of carbonyl (C=O) groups is 2. The molecule has 1 fully saturated rings. The molecule has 5 rings (SSSR count). The molecule has 1 aliphatic rings. The minimum atomic E-state index is -1.08. The number of rotatable bonds is 13. The number of para-hydroxylation sites is 4. The molecule has 272 valence electrons. The zero-order valence-corrected chi connectivity index (χ0v) is 30.9. The van der Waals surface area contributed by atoms with Gasteiger partial charge in [-0.2, -0.15) is 0 Å². The lowest BCUT2D eigenvalue weighted by atomic mass is 10.1. The Morgan fingerprint density at radius 1 is 0.765 bits per heavy atom. The number of aliphatic hydroxyl groups excluding tert-OH is 2. The topological polar surface area (TPSA) is 136 Å². The minimum Gasteiger partial charge on any atom is -0.463 e. The summed E-state index contributed by atoms with van der Waals surface area (Å²) in [6.45, 7) is 3.52. The van der Waals surface area contributed by atoms with E-state index in [4.69, 9.17) is 70.5 Å². The van der Waals surface area contributed by atoms with E-state index in [-0.39, 0.29) is 38.1 Å². The van der Waals surface area contributed by atoms with E-state index in [0.717, 1.165) is 11.3 Å². The first-order valence-electron chi connectivity index (χ1n) is 15.8. The summed E-state index contributed by atoms with van der Waals surface area (Å²) in [5.74, 6) is -1.49. The van der Waals surface area contributed by atoms with E-state index in [9.17, 15) is 14.7 Å². The van der Waals surface area contributed by atoms with Crippen molar-refractivity contribution in [3.05, 3.63) is 116 Å². The third-order valence-corrected chi connectivity index (χ3v) is 8.55. The van der Waals surface area contributed by atoms with Crippen molar-refractivity contribution in [3.63, 3.8) is 0 Å². The lowest BCUT2D eigenvalue weighted by Crippen LogP contribution is -2.25. The van der Waals surface area contributed by atoms with Crippen LogP contribution < -0.4 is 10.6 Å². The van der Waals surface area contributed by atoms with Crippen LogP contribution in [0.15, 0.2) is 84.9 Å². The van der Waals surface area contributed by atoms with Crippen LogP contribution in [0.4, 0.5) is 22.7 Å². The van der Waals surface area contributed by atoms with Gasteiger partial charge in [-0.1, -0.05) is 94.9 Å². The molecule has 2 unspecified atom stereocenters. The monoisotopic (exact) mass is 778 g/mol. The number of hydrogen-bond donors (Lipinski definition) is 4. The second-order valence-corrected chi connectivity index (χ2v) is 13.4. The van der Waals surface area contributed by atoms with Crippen molar-refractivity contribution in [2.75, 3.05) is 37.1 Å². The molecule has 4 N–H and O–H groups in total. The summed E-state index contributed by atoms with van der Waals surface area (Å²) in [4.78, 5) is 24.1. The summed E-state index contributed by atoms with van der Waals surface area (Å²) < 4.78 is 21.4. The Morgan fingerprint density at radius 2 is 1.22 bits per heavy atom. The van der Waals surface area contributed by atoms with Crippen LogP contribution in [0.5, 0.6) is 0 Å². The molecular weight excluding hydrogens is 742 g/mol. The van der Waals surface area contributed by atoms with Gasteiger partial charge in [0, 0.05) is 11.4 Å². The lowest BCUT2D eigenvalue weighted by molar-refractivity contribution is -0.157. The first kappa shape index (κ1) is 40.2. The number of carbonyl (C=O) groups excluding carboxylic acids is 2. The standard InChI is InChI=1S/C20H21Cl2NO4.C17H17Cl2NO4/c1-20(2)26-12-14(27-20)11-25-18(24)10-13-6-3-4-9-17(13)23-19-15(21)7-5-8-16(19)22;18-13-5-3-6-14(19)17(13)20-15-7-2-1-4-11(15)8-16(23)24-10-12(22)9-21/h3-9,14,23H,10-12H2,1-2H3;1-7,12,20-22H,8-10H2. The Kier molecular flexibility index (Phi) is 15.2. The third-order valence-electron chi connectivity index (χ3n) is 7.29. The molecule has 0 aliphatic carbocycles. The summed E-state index contributed by atoms with van der Waals surface area (Å²) in [5, 5.41) is 26.2. The number of anilines is 4. The summed E-state index contributed by atoms with van der Waals surface area (Å²) in [6.07, 6.45) is -1.21. The molecule has 14 heteroatoms. The zero-order chi connectivity index (χ0) is 37.0. The molecule has 0 amide bonds. The van der Waals surface area contributed by atoms with Crippen molar-refractivity contribution >= 4 is 81.1 Å². The maximum atomic E-state index is 12.3. The molecule has 1 heterocycles. The highest BCUT2D eigenvalue weighted by molar-refractivity contribution is 6.39. The predicted molar refractivity (Wildman–Crippen MR) is 200 cm³/mol. The van der Waals surface area contributed by atoms with Gasteiger partial charge in [-0.25, -0.2) is 0 Å². The van der Waals surface area contributed by atoms with E-state index >= 15 is 0 Å². The van der Waals surface area contributed by atoms with Gasteiger partial charge < -0.3 is 39.8 Å². The fraction of sp³-hybridized carbons (Fsp3) is 0.297. The maximum absolute atomic E-state index is 12.3. The highest BCUT2D eigenvalue weighted by Crippen LogP contribution is 2.35. The fourth-order valence-electron chi connectivity index (χ4n) is 4.78. The fourth-order valence-corrected chi connectivity index (χ4v) is 5.77. The zero-order valence-electron chi connectivity index (χ0n) is 27.8. The summed E-state index contributed by atoms with van der Waals surface area (Å²) in [6, 6.07) is 25.1. The highest BCUT2D eigenvalue weighted by atomic mass is 35.5. The van der Waals surface area contributed by atoms with E-state index in [0.29, 0.717) is 49.3 Å². The number of esters is 2. The average molecular weight is 781 g/mol. The van der Waals surface area contributed by atoms with Crippen LogP contribution in [-0.2, 0) is 41.4 Å². The van der Waals surface area contributed by atoms with E-state index in [1.807, 2.05) is 44.2 Å². The molecule has 4 aromatic rings. The van der Waals surface area contributed by atoms with Gasteiger partial charge in [-0.05, 0) is 61.4 Å². The number of ether oxygens (including phenoxy) is 4. The quantitative estimate of drug-likeness (QED) is 0.0985. The molecule has 0 saturated carbocycles. The first-order valence-corrected chi connectivity index (χ1v) is 17.4. The second-order valence-electron chi connectivity index (χ2n) is 11.8. The van der Waals surface area contributed by atoms with Crippen LogP contribution in [0.3, 0.4) is 0 Å². The van der Waals surface area contributed by atoms with Crippen LogP contribution in [0.1, 0.15) is 25.0 Å². The Bertz CT molecular complexity index is 1750. The SMILES string of the molecule is CC1(C)OCC(COC(=O)Cc2ccccc2Nc2c(Cl)cccc2Cl)O1.O=C(Cc1ccccc1Nc1c(Cl)cccc1Cl)OCC(O)CO. The van der Waals surface area contributed by atoms with Gasteiger partial charge in [0.1, 0.15) is 25.4 Å². The molecule has 0 bridgehead atoms. The van der Waals surface area contributed by atoms with Crippen LogP contribution >= 0.6 is 46.4 Å². The van der Waals surface area contributed by atoms with Crippen LogP contribution in [0.25, 0.3) is 0 Å². The molecule has 2 atom stereocenters. The van der Waals surface area contributed by atoms with Gasteiger partial charge in [-0.3, -0.25) is 9.59 Å². The van der Waals surface area contributed by atoms with Crippen LogP contribution in [0.2, 0.25) is 20.1 Å². The molecule has 1 saturated heterocycles. The van der Waals surface area contributed by atoms with Crippen LogP contribution in [-0.4, -0.2) is 66.6 Å². The lowest BCUT2D eigenvalue weighted by Gasteiger charge is -2.17. The average Bonchev–Trinajstić information content (AvgIpc) is 3.46. The summed E-state index contributed by atoms with van der Waals surface area (Å²) in [7, 11) is 0. The highest BCUT2D eigenvalue weighted by Gasteiger charge is 2.33. The molecule has 0 aromatic heterocycles. The predicted octanol–water partition coefficient (Wildman–Crippen LogP) is 8.15. The molecule has 10 nitrogen and oxygen atoms in total. The van der Waals surface area contributed by atoms with Crippen molar-refractivity contribution in [2.45, 2.75) is 44.7 Å². The normalized spacial score (nSPS) is 15.3. The maximum Gasteiger partial charge on any atom is 0.310 e. The van der Waals surface area contributed by atoms with Crippen molar-refractivity contribution in [2.24, 2.45) is 0 Å². The molecule has 0 spiro atoms. The van der Waals surface area contributed by atoms with Crippen molar-refractivity contribution in [1.82, 2.24) is 0 Å². The number of halogens is 4. The Morgan fingerprint density at radius 3 is 1.65 bits per heavy atom. The number of benzene rings is 4. The minimum absolute atomic E-state index is 0.00337. The summed E-state index contributed by atoms with van der Waals surface area (Å²) >= 11 is 24.7. The van der Waals surface area contributed by atoms with Gasteiger partial charge >= 0.3 is 11.9 Å². The van der Waals surface area contributed by atoms with E-state index < -0.39 is 24.5 Å². The van der Waals surface area contributed by atoms with Gasteiger partial charge in [0.2, 0.25) is 0 Å². The Labute approximate surface area is 316 Å². The molecule has 4 aromatic carbocycles. The van der Waals surface area contributed by atoms with Gasteiger partial charge in [0.05, 0.1) is 57.5 Å². The largest absolute Gasteiger partial charge is 0.463 e. The van der Waals surface area contributed by atoms with E-state index in [1.54, 1.807) is 54.6 Å². The first-order chi connectivity index (χ1) is 24.3. The van der Waals surface area contributed by atoms with Gasteiger partial charge in [0.25, 0.3) is 0 Å². The smallest absolute Gasteiger partial charge is 0.310 e. The van der Waals surface area contributed by atoms with Crippen molar-refractivity contribution in [3.8, 4) is 0 Å². The van der Waals surface area contributed by atoms with Crippen molar-refractivity contribution in [1.29, 1.82) is 0 Å². The number of nitrogens with one attached hydrogen (secondary N) is 2. The Balaban J connectivity index is 0.000000230. The Hall–Kier alpha value is -3.58. The third kappa shape index (κ3) is 12.6. The van der Waals surface area contributed by atoms with Crippen LogP contribution in [0, 0.1) is 0 Å². The molecule has 0 radical (unpaired) electrons. The second kappa shape index (κ2) is 19.3. The van der Waals surface area contributed by atoms with Crippen molar-refractivity contribution < 1.29 is 38.7 Å².